The molecule has 0 bridgehead atoms. The normalized spacial score (nSPS) is 15.2. The standard InChI is InChI=1S/C25H21N5O2/c31-24(32)29-25(12-4-13-25)17-10-8-16(9-11-17)20-15-30-21-7-3-14-26-22(21)27-19-6-2-1-5-18(19)23(30)28-20/h1-3,5-11,14-15,29H,4,12-13H2,(H,26,27)(H,31,32). The van der Waals surface area contributed by atoms with Crippen LogP contribution in [0.2, 0.25) is 0 Å². The molecule has 0 saturated heterocycles. The van der Waals surface area contributed by atoms with Crippen molar-refractivity contribution in [3.63, 3.8) is 0 Å². The average molecular weight is 423 g/mol. The highest BCUT2D eigenvalue weighted by atomic mass is 16.4. The van der Waals surface area contributed by atoms with E-state index in [0.717, 1.165) is 64.7 Å². The third-order valence-electron chi connectivity index (χ3n) is 6.46. The summed E-state index contributed by atoms with van der Waals surface area (Å²) in [5.74, 6) is 1.63. The maximum atomic E-state index is 11.3. The summed E-state index contributed by atoms with van der Waals surface area (Å²) in [6, 6.07) is 20.1. The van der Waals surface area contributed by atoms with Crippen LogP contribution in [-0.2, 0) is 5.54 Å². The first kappa shape index (κ1) is 18.6. The molecule has 3 N–H and O–H groups in total. The molecule has 3 heterocycles. The van der Waals surface area contributed by atoms with Gasteiger partial charge in [-0.3, -0.25) is 4.57 Å². The predicted octanol–water partition coefficient (Wildman–Crippen LogP) is 5.31. The Hall–Kier alpha value is -4.13. The van der Waals surface area contributed by atoms with Crippen molar-refractivity contribution in [1.29, 1.82) is 0 Å². The second kappa shape index (κ2) is 6.95. The molecule has 7 heteroatoms. The zero-order valence-corrected chi connectivity index (χ0v) is 17.2. The molecule has 0 atom stereocenters. The first-order chi connectivity index (χ1) is 15.6. The summed E-state index contributed by atoms with van der Waals surface area (Å²) in [6.45, 7) is 0. The van der Waals surface area contributed by atoms with E-state index in [9.17, 15) is 9.90 Å². The Morgan fingerprint density at radius 2 is 1.88 bits per heavy atom. The SMILES string of the molecule is O=C(O)NC1(c2ccc(-c3cn4c(n3)-c3ccccc3Nc3ncccc3-4)cc2)CCC1. The average Bonchev–Trinajstić information content (AvgIpc) is 3.17. The van der Waals surface area contributed by atoms with Gasteiger partial charge in [0.15, 0.2) is 5.82 Å². The quantitative estimate of drug-likeness (QED) is 0.366. The van der Waals surface area contributed by atoms with Gasteiger partial charge in [-0.2, -0.15) is 0 Å². The second-order valence-corrected chi connectivity index (χ2v) is 8.30. The van der Waals surface area contributed by atoms with Crippen molar-refractivity contribution in [2.24, 2.45) is 0 Å². The highest BCUT2D eigenvalue weighted by molar-refractivity contribution is 5.84. The molecule has 1 amide bonds. The number of nitrogens with one attached hydrogen (secondary N) is 2. The van der Waals surface area contributed by atoms with Crippen LogP contribution in [0.3, 0.4) is 0 Å². The zero-order valence-electron chi connectivity index (χ0n) is 17.2. The number of amides is 1. The van der Waals surface area contributed by atoms with Gasteiger partial charge in [0.25, 0.3) is 0 Å². The minimum Gasteiger partial charge on any atom is -0.465 e. The molecule has 32 heavy (non-hydrogen) atoms. The first-order valence-electron chi connectivity index (χ1n) is 10.7. The Bertz CT molecular complexity index is 1280. The fourth-order valence-corrected chi connectivity index (χ4v) is 4.68. The molecule has 0 radical (unpaired) electrons. The largest absolute Gasteiger partial charge is 0.465 e. The van der Waals surface area contributed by atoms with E-state index in [1.807, 2.05) is 60.8 Å². The Balaban J connectivity index is 1.43. The molecular weight excluding hydrogens is 402 g/mol. The molecule has 6 rings (SSSR count). The van der Waals surface area contributed by atoms with Gasteiger partial charge in [0.1, 0.15) is 5.82 Å². The lowest BCUT2D eigenvalue weighted by Gasteiger charge is -2.42. The van der Waals surface area contributed by atoms with E-state index < -0.39 is 11.6 Å². The Morgan fingerprint density at radius 3 is 2.62 bits per heavy atom. The highest BCUT2D eigenvalue weighted by Crippen LogP contribution is 2.42. The number of hydrogen-bond acceptors (Lipinski definition) is 4. The van der Waals surface area contributed by atoms with Gasteiger partial charge >= 0.3 is 6.09 Å². The molecule has 2 aliphatic rings. The van der Waals surface area contributed by atoms with E-state index in [0.29, 0.717) is 0 Å². The molecule has 2 aromatic carbocycles. The number of carboxylic acid groups (broad SMARTS) is 1. The maximum absolute atomic E-state index is 11.3. The molecule has 158 valence electrons. The van der Waals surface area contributed by atoms with Crippen LogP contribution in [0.15, 0.2) is 73.1 Å². The Morgan fingerprint density at radius 1 is 1.06 bits per heavy atom. The van der Waals surface area contributed by atoms with Crippen molar-refractivity contribution in [3.05, 3.63) is 78.6 Å². The lowest BCUT2D eigenvalue weighted by Crippen LogP contribution is -2.50. The summed E-state index contributed by atoms with van der Waals surface area (Å²) in [7, 11) is 0. The van der Waals surface area contributed by atoms with Crippen LogP contribution in [0.4, 0.5) is 16.3 Å². The van der Waals surface area contributed by atoms with Crippen LogP contribution >= 0.6 is 0 Å². The number of aromatic nitrogens is 3. The molecule has 7 nitrogen and oxygen atoms in total. The molecular formula is C25H21N5O2. The van der Waals surface area contributed by atoms with E-state index >= 15 is 0 Å². The lowest BCUT2D eigenvalue weighted by molar-refractivity contribution is 0.144. The third-order valence-corrected chi connectivity index (χ3v) is 6.46. The molecule has 1 aliphatic carbocycles. The van der Waals surface area contributed by atoms with Gasteiger partial charge in [0.2, 0.25) is 0 Å². The van der Waals surface area contributed by atoms with E-state index in [2.05, 4.69) is 26.3 Å². The van der Waals surface area contributed by atoms with E-state index in [-0.39, 0.29) is 0 Å². The topological polar surface area (TPSA) is 92.1 Å². The molecule has 2 aromatic heterocycles. The van der Waals surface area contributed by atoms with Gasteiger partial charge in [0.05, 0.1) is 22.6 Å². The van der Waals surface area contributed by atoms with Crippen LogP contribution in [0.1, 0.15) is 24.8 Å². The summed E-state index contributed by atoms with van der Waals surface area (Å²) in [5, 5.41) is 15.4. The number of hydrogen-bond donors (Lipinski definition) is 3. The fourth-order valence-electron chi connectivity index (χ4n) is 4.68. The Kier molecular flexibility index (Phi) is 4.04. The Labute approximate surface area is 184 Å². The smallest absolute Gasteiger partial charge is 0.405 e. The summed E-state index contributed by atoms with van der Waals surface area (Å²) in [5.41, 5.74) is 5.28. The molecule has 1 aliphatic heterocycles. The van der Waals surface area contributed by atoms with Gasteiger partial charge in [-0.1, -0.05) is 36.4 Å². The molecule has 0 spiro atoms. The number of imidazole rings is 1. The number of anilines is 2. The number of pyridine rings is 1. The van der Waals surface area contributed by atoms with Crippen molar-refractivity contribution >= 4 is 17.6 Å². The number of rotatable bonds is 3. The molecule has 1 saturated carbocycles. The second-order valence-electron chi connectivity index (χ2n) is 8.30. The van der Waals surface area contributed by atoms with Gasteiger partial charge in [-0.15, -0.1) is 0 Å². The minimum absolute atomic E-state index is 0.467. The van der Waals surface area contributed by atoms with Gasteiger partial charge in [0, 0.05) is 23.5 Å². The number of nitrogens with zero attached hydrogens (tertiary/aromatic N) is 3. The third kappa shape index (κ3) is 2.85. The number of benzene rings is 2. The minimum atomic E-state index is -0.980. The van der Waals surface area contributed by atoms with Crippen molar-refractivity contribution in [2.75, 3.05) is 5.32 Å². The molecule has 0 unspecified atom stereocenters. The number of fused-ring (bicyclic) bond motifs is 5. The van der Waals surface area contributed by atoms with Crippen molar-refractivity contribution in [1.82, 2.24) is 19.9 Å². The first-order valence-corrected chi connectivity index (χ1v) is 10.7. The van der Waals surface area contributed by atoms with Crippen LogP contribution in [-0.4, -0.2) is 25.7 Å². The van der Waals surface area contributed by atoms with E-state index in [1.165, 1.54) is 0 Å². The molecule has 1 fully saturated rings. The van der Waals surface area contributed by atoms with Gasteiger partial charge in [-0.25, -0.2) is 14.8 Å². The van der Waals surface area contributed by atoms with Crippen LogP contribution in [0.5, 0.6) is 0 Å². The number of para-hydroxylation sites is 1. The van der Waals surface area contributed by atoms with E-state index in [4.69, 9.17) is 4.98 Å². The van der Waals surface area contributed by atoms with Gasteiger partial charge < -0.3 is 15.7 Å². The van der Waals surface area contributed by atoms with Crippen molar-refractivity contribution in [2.45, 2.75) is 24.8 Å². The number of carbonyl (C=O) groups is 1. The maximum Gasteiger partial charge on any atom is 0.405 e. The zero-order chi connectivity index (χ0) is 21.7. The fraction of sp³-hybridized carbons (Fsp3) is 0.160. The monoisotopic (exact) mass is 423 g/mol. The van der Waals surface area contributed by atoms with Crippen LogP contribution < -0.4 is 10.6 Å². The van der Waals surface area contributed by atoms with Crippen molar-refractivity contribution in [3.8, 4) is 28.3 Å². The lowest BCUT2D eigenvalue weighted by atomic mass is 9.72. The van der Waals surface area contributed by atoms with Crippen LogP contribution in [0, 0.1) is 0 Å². The predicted molar refractivity (Wildman–Crippen MR) is 122 cm³/mol. The molecule has 4 aromatic rings. The van der Waals surface area contributed by atoms with Gasteiger partial charge in [-0.05, 0) is 49.1 Å². The summed E-state index contributed by atoms with van der Waals surface area (Å²) in [6.07, 6.45) is 5.50. The van der Waals surface area contributed by atoms with Crippen LogP contribution in [0.25, 0.3) is 28.3 Å². The summed E-state index contributed by atoms with van der Waals surface area (Å²) >= 11 is 0. The van der Waals surface area contributed by atoms with Crippen molar-refractivity contribution < 1.29 is 9.90 Å². The summed E-state index contributed by atoms with van der Waals surface area (Å²) in [4.78, 5) is 20.8. The summed E-state index contributed by atoms with van der Waals surface area (Å²) < 4.78 is 2.07. The van der Waals surface area contributed by atoms with E-state index in [1.54, 1.807) is 6.20 Å². The highest BCUT2D eigenvalue weighted by Gasteiger charge is 2.40.